The predicted octanol–water partition coefficient (Wildman–Crippen LogP) is 5.13. The number of halogens is 1. The first kappa shape index (κ1) is 29.0. The summed E-state index contributed by atoms with van der Waals surface area (Å²) >= 11 is 6.59. The molecule has 3 aliphatic rings. The number of nitrogens with two attached hydrogens (primary N) is 1. The van der Waals surface area contributed by atoms with E-state index in [9.17, 15) is 4.79 Å². The monoisotopic (exact) mass is 591 g/mol. The zero-order valence-corrected chi connectivity index (χ0v) is 25.4. The Morgan fingerprint density at radius 1 is 1.10 bits per heavy atom. The summed E-state index contributed by atoms with van der Waals surface area (Å²) in [7, 11) is 0. The maximum absolute atomic E-state index is 12.5. The second kappa shape index (κ2) is 12.6. The number of hydrogen-bond donors (Lipinski definition) is 2. The van der Waals surface area contributed by atoms with Gasteiger partial charge in [-0.1, -0.05) is 55.3 Å². The molecule has 2 saturated heterocycles. The van der Waals surface area contributed by atoms with Gasteiger partial charge in [-0.25, -0.2) is 9.97 Å². The Morgan fingerprint density at radius 3 is 2.57 bits per heavy atom. The second-order valence-corrected chi connectivity index (χ2v) is 12.4. The summed E-state index contributed by atoms with van der Waals surface area (Å²) in [6, 6.07) is 13.7. The predicted molar refractivity (Wildman–Crippen MR) is 167 cm³/mol. The van der Waals surface area contributed by atoms with Crippen molar-refractivity contribution in [3.63, 3.8) is 0 Å². The molecule has 1 atom stereocenters. The summed E-state index contributed by atoms with van der Waals surface area (Å²) in [6.45, 7) is 9.97. The molecule has 6 rings (SSSR count). The van der Waals surface area contributed by atoms with Crippen LogP contribution in [0.1, 0.15) is 67.3 Å². The highest BCUT2D eigenvalue weighted by molar-refractivity contribution is 6.32. The van der Waals surface area contributed by atoms with Crippen molar-refractivity contribution in [1.82, 2.24) is 25.1 Å². The molecular formula is C32H42ClN7O2. The van der Waals surface area contributed by atoms with Crippen molar-refractivity contribution in [2.75, 3.05) is 43.4 Å². The average Bonchev–Trinajstić information content (AvgIpc) is 3.74. The van der Waals surface area contributed by atoms with Crippen molar-refractivity contribution in [2.24, 2.45) is 0 Å². The SMILES string of the molecule is CCC[C@H]1CN(c2nc(N)c(C(=O)NC3CC3)nc2Cl)CCN1C1CCN(Cc2cc(-c3ccccc3)oc2C)CC1. The minimum atomic E-state index is -0.296. The van der Waals surface area contributed by atoms with Gasteiger partial charge in [-0.2, -0.15) is 0 Å². The molecule has 9 nitrogen and oxygen atoms in total. The summed E-state index contributed by atoms with van der Waals surface area (Å²) in [5.74, 6) is 2.38. The van der Waals surface area contributed by atoms with Gasteiger partial charge in [-0.05, 0) is 58.2 Å². The number of aryl methyl sites for hydroxylation is 1. The first-order chi connectivity index (χ1) is 20.4. The van der Waals surface area contributed by atoms with Crippen LogP contribution in [-0.2, 0) is 6.54 Å². The van der Waals surface area contributed by atoms with E-state index in [1.54, 1.807) is 0 Å². The number of benzene rings is 1. The number of rotatable bonds is 9. The largest absolute Gasteiger partial charge is 0.461 e. The van der Waals surface area contributed by atoms with Crippen LogP contribution in [0.15, 0.2) is 40.8 Å². The molecule has 1 aliphatic carbocycles. The molecule has 3 aromatic rings. The van der Waals surface area contributed by atoms with E-state index >= 15 is 0 Å². The molecule has 0 radical (unpaired) electrons. The van der Waals surface area contributed by atoms with Gasteiger partial charge in [0.05, 0.1) is 0 Å². The fourth-order valence-electron chi connectivity index (χ4n) is 6.47. The summed E-state index contributed by atoms with van der Waals surface area (Å²) < 4.78 is 6.11. The van der Waals surface area contributed by atoms with Crippen LogP contribution in [0.3, 0.4) is 0 Å². The number of nitrogens with zero attached hydrogens (tertiary/aromatic N) is 5. The molecule has 0 spiro atoms. The van der Waals surface area contributed by atoms with E-state index in [1.807, 2.05) is 18.2 Å². The van der Waals surface area contributed by atoms with Crippen LogP contribution in [0, 0.1) is 6.92 Å². The lowest BCUT2D eigenvalue weighted by Crippen LogP contribution is -2.58. The zero-order chi connectivity index (χ0) is 29.2. The Kier molecular flexibility index (Phi) is 8.70. The number of aromatic nitrogens is 2. The van der Waals surface area contributed by atoms with Crippen molar-refractivity contribution in [3.05, 3.63) is 58.6 Å². The second-order valence-electron chi connectivity index (χ2n) is 12.0. The van der Waals surface area contributed by atoms with Gasteiger partial charge in [-0.3, -0.25) is 14.6 Å². The summed E-state index contributed by atoms with van der Waals surface area (Å²) in [4.78, 5) is 29.0. The van der Waals surface area contributed by atoms with Crippen molar-refractivity contribution in [1.29, 1.82) is 0 Å². The maximum Gasteiger partial charge on any atom is 0.274 e. The molecule has 2 aliphatic heterocycles. The topological polar surface area (TPSA) is 104 Å². The van der Waals surface area contributed by atoms with Gasteiger partial charge in [-0.15, -0.1) is 0 Å². The van der Waals surface area contributed by atoms with Crippen molar-refractivity contribution < 1.29 is 9.21 Å². The summed E-state index contributed by atoms with van der Waals surface area (Å²) in [6.07, 6.45) is 6.51. The molecule has 10 heteroatoms. The van der Waals surface area contributed by atoms with Crippen LogP contribution < -0.4 is 16.0 Å². The van der Waals surface area contributed by atoms with Gasteiger partial charge in [0.1, 0.15) is 11.5 Å². The van der Waals surface area contributed by atoms with Gasteiger partial charge in [0, 0.05) is 55.4 Å². The highest BCUT2D eigenvalue weighted by atomic mass is 35.5. The quantitative estimate of drug-likeness (QED) is 0.353. The number of nitrogen functional groups attached to an aromatic ring is 1. The first-order valence-corrected chi connectivity index (χ1v) is 15.8. The molecule has 0 unspecified atom stereocenters. The standard InChI is InChI=1S/C32H42ClN7O2/c1-3-7-26-20-39(31-29(33)36-28(30(34)37-31)32(41)35-24-10-11-24)16-17-40(26)25-12-14-38(15-13-25)19-23-18-27(42-21(23)2)22-8-5-4-6-9-22/h4-6,8-9,18,24-26H,3,7,10-17,19-20H2,1-2H3,(H2,34,37)(H,35,41)/t26-/m0/s1. The fourth-order valence-corrected chi connectivity index (χ4v) is 6.72. The zero-order valence-electron chi connectivity index (χ0n) is 24.7. The summed E-state index contributed by atoms with van der Waals surface area (Å²) in [5, 5.41) is 3.16. The van der Waals surface area contributed by atoms with Crippen molar-refractivity contribution in [3.8, 4) is 11.3 Å². The van der Waals surface area contributed by atoms with Gasteiger partial charge in [0.15, 0.2) is 22.5 Å². The lowest BCUT2D eigenvalue weighted by molar-refractivity contribution is 0.0588. The molecule has 2 aromatic heterocycles. The lowest BCUT2D eigenvalue weighted by atomic mass is 9.97. The lowest BCUT2D eigenvalue weighted by Gasteiger charge is -2.48. The van der Waals surface area contributed by atoms with Crippen LogP contribution in [-0.4, -0.2) is 76.5 Å². The number of hydrogen-bond acceptors (Lipinski definition) is 8. The van der Waals surface area contributed by atoms with Crippen LogP contribution in [0.4, 0.5) is 11.6 Å². The highest BCUT2D eigenvalue weighted by Gasteiger charge is 2.35. The summed E-state index contributed by atoms with van der Waals surface area (Å²) in [5.41, 5.74) is 8.72. The Bertz CT molecular complexity index is 1390. The van der Waals surface area contributed by atoms with E-state index in [1.165, 1.54) is 5.56 Å². The van der Waals surface area contributed by atoms with E-state index in [0.717, 1.165) is 94.9 Å². The Morgan fingerprint density at radius 2 is 1.86 bits per heavy atom. The Hall–Kier alpha value is -3.14. The number of piperidine rings is 1. The maximum atomic E-state index is 12.5. The average molecular weight is 592 g/mol. The molecule has 42 heavy (non-hydrogen) atoms. The number of furan rings is 1. The third-order valence-corrected chi connectivity index (χ3v) is 9.19. The molecule has 3 fully saturated rings. The molecule has 224 valence electrons. The first-order valence-electron chi connectivity index (χ1n) is 15.4. The Balaban J connectivity index is 1.06. The van der Waals surface area contributed by atoms with E-state index in [2.05, 4.69) is 62.0 Å². The van der Waals surface area contributed by atoms with E-state index in [4.69, 9.17) is 21.8 Å². The van der Waals surface area contributed by atoms with E-state index in [-0.39, 0.29) is 28.6 Å². The van der Waals surface area contributed by atoms with Crippen molar-refractivity contribution >= 4 is 29.1 Å². The number of piperazine rings is 1. The van der Waals surface area contributed by atoms with Crippen molar-refractivity contribution in [2.45, 2.75) is 77.0 Å². The molecule has 4 heterocycles. The van der Waals surface area contributed by atoms with Gasteiger partial charge >= 0.3 is 0 Å². The third kappa shape index (κ3) is 6.43. The smallest absolute Gasteiger partial charge is 0.274 e. The molecule has 3 N–H and O–H groups in total. The van der Waals surface area contributed by atoms with Crippen LogP contribution in [0.25, 0.3) is 11.3 Å². The molecule has 1 amide bonds. The molecule has 0 bridgehead atoms. The number of anilines is 2. The number of nitrogens with one attached hydrogen (secondary N) is 1. The normalized spacial score (nSPS) is 20.6. The van der Waals surface area contributed by atoms with Gasteiger partial charge in [0.2, 0.25) is 0 Å². The minimum Gasteiger partial charge on any atom is -0.461 e. The molecular weight excluding hydrogens is 550 g/mol. The van der Waals surface area contributed by atoms with Crippen LogP contribution in [0.2, 0.25) is 5.15 Å². The number of likely N-dealkylation sites (tertiary alicyclic amines) is 1. The van der Waals surface area contributed by atoms with Crippen LogP contribution in [0.5, 0.6) is 0 Å². The Labute approximate surface area is 253 Å². The number of carbonyl (C=O) groups is 1. The highest BCUT2D eigenvalue weighted by Crippen LogP contribution is 2.32. The van der Waals surface area contributed by atoms with Gasteiger partial charge in [0.25, 0.3) is 5.91 Å². The number of amides is 1. The van der Waals surface area contributed by atoms with E-state index in [0.29, 0.717) is 17.9 Å². The van der Waals surface area contributed by atoms with E-state index < -0.39 is 0 Å². The minimum absolute atomic E-state index is 0.119. The third-order valence-electron chi connectivity index (χ3n) is 8.94. The number of carbonyl (C=O) groups excluding carboxylic acids is 1. The fraction of sp³-hybridized carbons (Fsp3) is 0.531. The van der Waals surface area contributed by atoms with Gasteiger partial charge < -0.3 is 20.4 Å². The van der Waals surface area contributed by atoms with Crippen LogP contribution >= 0.6 is 11.6 Å². The molecule has 1 aromatic carbocycles. The molecule has 1 saturated carbocycles.